The molecule has 1 unspecified atom stereocenters. The summed E-state index contributed by atoms with van der Waals surface area (Å²) in [5.74, 6) is -0.173. The highest BCUT2D eigenvalue weighted by Crippen LogP contribution is 2.27. The van der Waals surface area contributed by atoms with E-state index in [-0.39, 0.29) is 11.4 Å². The Balaban J connectivity index is 2.17. The minimum atomic E-state index is -0.173. The minimum absolute atomic E-state index is 0.0747. The maximum absolute atomic E-state index is 13.6. The molecule has 1 aliphatic rings. The Kier molecular flexibility index (Phi) is 5.81. The van der Waals surface area contributed by atoms with Gasteiger partial charge < -0.3 is 5.32 Å². The van der Waals surface area contributed by atoms with Crippen LogP contribution in [0.1, 0.15) is 39.2 Å². The lowest BCUT2D eigenvalue weighted by molar-refractivity contribution is 0.107. The normalized spacial score (nSPS) is 18.1. The molecule has 2 rings (SSSR count). The molecule has 1 N–H and O–H groups in total. The van der Waals surface area contributed by atoms with Crippen molar-refractivity contribution in [2.24, 2.45) is 0 Å². The topological polar surface area (TPSA) is 15.3 Å². The summed E-state index contributed by atoms with van der Waals surface area (Å²) in [7, 11) is 0. The number of hydrogen-bond acceptors (Lipinski definition) is 2. The number of likely N-dealkylation sites (tertiary alicyclic amines) is 1. The maximum Gasteiger partial charge on any atom is 0.124 e. The highest BCUT2D eigenvalue weighted by atomic mass is 79.9. The molecule has 0 aromatic heterocycles. The number of nitrogens with zero attached hydrogens (tertiary/aromatic N) is 1. The quantitative estimate of drug-likeness (QED) is 0.828. The van der Waals surface area contributed by atoms with E-state index >= 15 is 0 Å². The van der Waals surface area contributed by atoms with Crippen molar-refractivity contribution < 1.29 is 4.39 Å². The molecule has 0 amide bonds. The third-order valence-electron chi connectivity index (χ3n) is 4.59. The van der Waals surface area contributed by atoms with Crippen molar-refractivity contribution in [1.82, 2.24) is 10.2 Å². The zero-order valence-electron chi connectivity index (χ0n) is 13.3. The average molecular weight is 357 g/mol. The highest BCUT2D eigenvalue weighted by molar-refractivity contribution is 9.10. The standard InChI is InChI=1S/C17H26BrFN2/c1-4-20-16(17(2,3)21-7-5-6-8-21)11-13-9-14(18)12-15(19)10-13/h9-10,12,16,20H,4-8,11H2,1-3H3. The van der Waals surface area contributed by atoms with Gasteiger partial charge in [0.1, 0.15) is 5.82 Å². The SMILES string of the molecule is CCNC(Cc1cc(F)cc(Br)c1)C(C)(C)N1CCCC1. The van der Waals surface area contributed by atoms with E-state index in [1.807, 2.05) is 6.07 Å². The van der Waals surface area contributed by atoms with Crippen molar-refractivity contribution >= 4 is 15.9 Å². The Morgan fingerprint density at radius 2 is 1.95 bits per heavy atom. The van der Waals surface area contributed by atoms with Crippen LogP contribution in [0.2, 0.25) is 0 Å². The van der Waals surface area contributed by atoms with Crippen molar-refractivity contribution in [1.29, 1.82) is 0 Å². The van der Waals surface area contributed by atoms with Crippen molar-refractivity contribution in [3.8, 4) is 0 Å². The first kappa shape index (κ1) is 16.9. The van der Waals surface area contributed by atoms with E-state index in [4.69, 9.17) is 0 Å². The highest BCUT2D eigenvalue weighted by Gasteiger charge is 2.36. The van der Waals surface area contributed by atoms with E-state index in [0.29, 0.717) is 6.04 Å². The van der Waals surface area contributed by atoms with Gasteiger partial charge in [0.05, 0.1) is 0 Å². The zero-order valence-corrected chi connectivity index (χ0v) is 14.8. The molecule has 2 nitrogen and oxygen atoms in total. The molecule has 0 bridgehead atoms. The second kappa shape index (κ2) is 7.21. The number of nitrogens with one attached hydrogen (secondary N) is 1. The van der Waals surface area contributed by atoms with Crippen LogP contribution in [-0.4, -0.2) is 36.1 Å². The second-order valence-electron chi connectivity index (χ2n) is 6.44. The molecule has 1 saturated heterocycles. The van der Waals surface area contributed by atoms with Gasteiger partial charge in [-0.15, -0.1) is 0 Å². The lowest BCUT2D eigenvalue weighted by atomic mass is 9.87. The number of hydrogen-bond donors (Lipinski definition) is 1. The monoisotopic (exact) mass is 356 g/mol. The molecule has 21 heavy (non-hydrogen) atoms. The Morgan fingerprint density at radius 1 is 1.29 bits per heavy atom. The van der Waals surface area contributed by atoms with E-state index in [9.17, 15) is 4.39 Å². The number of likely N-dealkylation sites (N-methyl/N-ethyl adjacent to an activating group) is 1. The molecule has 1 fully saturated rings. The minimum Gasteiger partial charge on any atom is -0.312 e. The number of benzene rings is 1. The van der Waals surface area contributed by atoms with E-state index in [1.165, 1.54) is 32.0 Å². The van der Waals surface area contributed by atoms with Gasteiger partial charge in [0.2, 0.25) is 0 Å². The summed E-state index contributed by atoms with van der Waals surface area (Å²) in [6, 6.07) is 5.49. The van der Waals surface area contributed by atoms with E-state index in [1.54, 1.807) is 6.07 Å². The molecular weight excluding hydrogens is 331 g/mol. The van der Waals surface area contributed by atoms with Gasteiger partial charge in [0.25, 0.3) is 0 Å². The summed E-state index contributed by atoms with van der Waals surface area (Å²) in [6.45, 7) is 10.0. The molecule has 118 valence electrons. The Hall–Kier alpha value is -0.450. The molecule has 0 radical (unpaired) electrons. The van der Waals surface area contributed by atoms with Gasteiger partial charge in [-0.1, -0.05) is 22.9 Å². The lowest BCUT2D eigenvalue weighted by Crippen LogP contribution is -2.57. The number of rotatable bonds is 6. The fourth-order valence-electron chi connectivity index (χ4n) is 3.30. The van der Waals surface area contributed by atoms with Crippen LogP contribution in [0.15, 0.2) is 22.7 Å². The molecule has 1 aliphatic heterocycles. The predicted molar refractivity (Wildman–Crippen MR) is 90.2 cm³/mol. The van der Waals surface area contributed by atoms with Gasteiger partial charge in [0, 0.05) is 16.1 Å². The third kappa shape index (κ3) is 4.27. The summed E-state index contributed by atoms with van der Waals surface area (Å²) in [5.41, 5.74) is 1.12. The van der Waals surface area contributed by atoms with Crippen LogP contribution in [-0.2, 0) is 6.42 Å². The van der Waals surface area contributed by atoms with Crippen LogP contribution in [0.5, 0.6) is 0 Å². The van der Waals surface area contributed by atoms with E-state index in [0.717, 1.165) is 23.0 Å². The van der Waals surface area contributed by atoms with Gasteiger partial charge in [-0.25, -0.2) is 4.39 Å². The smallest absolute Gasteiger partial charge is 0.124 e. The first-order chi connectivity index (χ1) is 9.93. The average Bonchev–Trinajstić information content (AvgIpc) is 2.91. The van der Waals surface area contributed by atoms with Crippen molar-refractivity contribution in [2.45, 2.75) is 51.6 Å². The molecule has 4 heteroatoms. The van der Waals surface area contributed by atoms with Gasteiger partial charge in [-0.05, 0) is 76.5 Å². The molecule has 1 aromatic rings. The first-order valence-corrected chi connectivity index (χ1v) is 8.66. The van der Waals surface area contributed by atoms with Crippen LogP contribution in [0, 0.1) is 5.82 Å². The summed E-state index contributed by atoms with van der Waals surface area (Å²) in [5, 5.41) is 3.61. The van der Waals surface area contributed by atoms with Crippen LogP contribution < -0.4 is 5.32 Å². The van der Waals surface area contributed by atoms with E-state index in [2.05, 4.69) is 46.9 Å². The Morgan fingerprint density at radius 3 is 2.52 bits per heavy atom. The van der Waals surface area contributed by atoms with Crippen LogP contribution in [0.25, 0.3) is 0 Å². The van der Waals surface area contributed by atoms with Gasteiger partial charge in [0.15, 0.2) is 0 Å². The predicted octanol–water partition coefficient (Wildman–Crippen LogP) is 3.98. The van der Waals surface area contributed by atoms with Crippen molar-refractivity contribution in [3.63, 3.8) is 0 Å². The van der Waals surface area contributed by atoms with Gasteiger partial charge in [-0.2, -0.15) is 0 Å². The fraction of sp³-hybridized carbons (Fsp3) is 0.647. The van der Waals surface area contributed by atoms with Crippen LogP contribution in [0.4, 0.5) is 4.39 Å². The fourth-order valence-corrected chi connectivity index (χ4v) is 3.81. The number of halogens is 2. The van der Waals surface area contributed by atoms with Crippen LogP contribution in [0.3, 0.4) is 0 Å². The van der Waals surface area contributed by atoms with Gasteiger partial charge in [-0.3, -0.25) is 4.90 Å². The largest absolute Gasteiger partial charge is 0.312 e. The molecule has 1 atom stereocenters. The third-order valence-corrected chi connectivity index (χ3v) is 5.04. The molecule has 0 aliphatic carbocycles. The van der Waals surface area contributed by atoms with E-state index < -0.39 is 0 Å². The van der Waals surface area contributed by atoms with Crippen LogP contribution >= 0.6 is 15.9 Å². The summed E-state index contributed by atoms with van der Waals surface area (Å²) in [4.78, 5) is 2.56. The molecule has 1 aromatic carbocycles. The zero-order chi connectivity index (χ0) is 15.5. The van der Waals surface area contributed by atoms with Crippen molar-refractivity contribution in [3.05, 3.63) is 34.1 Å². The molecule has 1 heterocycles. The molecular formula is C17H26BrFN2. The summed E-state index contributed by atoms with van der Waals surface area (Å²) >= 11 is 3.39. The summed E-state index contributed by atoms with van der Waals surface area (Å²) in [6.07, 6.45) is 3.41. The summed E-state index contributed by atoms with van der Waals surface area (Å²) < 4.78 is 14.4. The first-order valence-electron chi connectivity index (χ1n) is 7.87. The lowest BCUT2D eigenvalue weighted by Gasteiger charge is -2.42. The Bertz CT molecular complexity index is 450. The second-order valence-corrected chi connectivity index (χ2v) is 7.36. The molecule has 0 spiro atoms. The van der Waals surface area contributed by atoms with Gasteiger partial charge >= 0.3 is 0 Å². The Labute approximate surface area is 136 Å². The molecule has 0 saturated carbocycles. The maximum atomic E-state index is 13.6. The van der Waals surface area contributed by atoms with Crippen molar-refractivity contribution in [2.75, 3.05) is 19.6 Å².